The Balaban J connectivity index is 2.08. The van der Waals surface area contributed by atoms with Gasteiger partial charge in [0.05, 0.1) is 12.0 Å². The molecular weight excluding hydrogens is 222 g/mol. The molecular formula is C15H27N3. The van der Waals surface area contributed by atoms with Gasteiger partial charge in [-0.05, 0) is 38.1 Å². The molecule has 0 radical (unpaired) electrons. The van der Waals surface area contributed by atoms with Crippen molar-refractivity contribution in [2.45, 2.75) is 65.5 Å². The number of aryl methyl sites for hydroxylation is 1. The summed E-state index contributed by atoms with van der Waals surface area (Å²) in [5, 5.41) is 3.63. The zero-order valence-electron chi connectivity index (χ0n) is 12.1. The van der Waals surface area contributed by atoms with E-state index in [0.29, 0.717) is 12.0 Å². The summed E-state index contributed by atoms with van der Waals surface area (Å²) in [4.78, 5) is 4.59. The molecule has 3 heteroatoms. The summed E-state index contributed by atoms with van der Waals surface area (Å²) in [6, 6.07) is 0.570. The Kier molecular flexibility index (Phi) is 4.81. The summed E-state index contributed by atoms with van der Waals surface area (Å²) < 4.78 is 2.40. The second kappa shape index (κ2) is 6.37. The van der Waals surface area contributed by atoms with Crippen LogP contribution in [-0.4, -0.2) is 22.1 Å². The number of rotatable bonds is 6. The second-order valence-electron chi connectivity index (χ2n) is 5.55. The minimum absolute atomic E-state index is 0.570. The van der Waals surface area contributed by atoms with E-state index in [0.717, 1.165) is 13.1 Å². The minimum Gasteiger partial charge on any atom is -0.333 e. The molecule has 0 bridgehead atoms. The van der Waals surface area contributed by atoms with Crippen LogP contribution in [0.1, 0.15) is 51.4 Å². The van der Waals surface area contributed by atoms with Crippen LogP contribution in [-0.2, 0) is 19.4 Å². The zero-order chi connectivity index (χ0) is 13.0. The number of nitrogens with zero attached hydrogens (tertiary/aromatic N) is 2. The van der Waals surface area contributed by atoms with Crippen molar-refractivity contribution in [3.05, 3.63) is 17.7 Å². The van der Waals surface area contributed by atoms with Gasteiger partial charge in [0.25, 0.3) is 0 Å². The average Bonchev–Trinajstić information content (AvgIpc) is 2.81. The van der Waals surface area contributed by atoms with E-state index in [-0.39, 0.29) is 0 Å². The van der Waals surface area contributed by atoms with Crippen molar-refractivity contribution in [1.82, 2.24) is 14.9 Å². The van der Waals surface area contributed by atoms with Crippen LogP contribution in [0.2, 0.25) is 0 Å². The lowest BCUT2D eigenvalue weighted by Gasteiger charge is -2.25. The molecule has 2 rings (SSSR count). The predicted octanol–water partition coefficient (Wildman–Crippen LogP) is 2.79. The number of likely N-dealkylation sites (N-methyl/N-ethyl adjacent to an activating group) is 1. The molecule has 102 valence electrons. The average molecular weight is 249 g/mol. The molecule has 2 atom stereocenters. The van der Waals surface area contributed by atoms with Gasteiger partial charge in [-0.25, -0.2) is 4.98 Å². The van der Waals surface area contributed by atoms with Crippen LogP contribution in [0.4, 0.5) is 0 Å². The van der Waals surface area contributed by atoms with Crippen molar-refractivity contribution in [2.24, 2.45) is 5.92 Å². The highest BCUT2D eigenvalue weighted by molar-refractivity contribution is 5.16. The van der Waals surface area contributed by atoms with Crippen LogP contribution in [0.5, 0.6) is 0 Å². The lowest BCUT2D eigenvalue weighted by molar-refractivity contribution is 0.331. The molecule has 1 aliphatic carbocycles. The molecule has 1 heterocycles. The maximum atomic E-state index is 4.59. The molecule has 18 heavy (non-hydrogen) atoms. The fourth-order valence-electron chi connectivity index (χ4n) is 2.89. The highest BCUT2D eigenvalue weighted by Gasteiger charge is 2.20. The topological polar surface area (TPSA) is 29.9 Å². The maximum Gasteiger partial charge on any atom is 0.0952 e. The first kappa shape index (κ1) is 13.6. The summed E-state index contributed by atoms with van der Waals surface area (Å²) in [5.41, 5.74) is 2.84. The summed E-state index contributed by atoms with van der Waals surface area (Å²) in [6.07, 6.45) is 8.32. The van der Waals surface area contributed by atoms with Crippen LogP contribution in [0.3, 0.4) is 0 Å². The van der Waals surface area contributed by atoms with E-state index in [1.807, 2.05) is 0 Å². The third-order valence-corrected chi connectivity index (χ3v) is 4.30. The van der Waals surface area contributed by atoms with Gasteiger partial charge < -0.3 is 9.88 Å². The van der Waals surface area contributed by atoms with Crippen LogP contribution in [0, 0.1) is 5.92 Å². The molecule has 1 aromatic rings. The second-order valence-corrected chi connectivity index (χ2v) is 5.55. The smallest absolute Gasteiger partial charge is 0.0952 e. The van der Waals surface area contributed by atoms with Crippen molar-refractivity contribution in [2.75, 3.05) is 6.54 Å². The van der Waals surface area contributed by atoms with Crippen LogP contribution < -0.4 is 5.32 Å². The van der Waals surface area contributed by atoms with Gasteiger partial charge in [0, 0.05) is 18.3 Å². The van der Waals surface area contributed by atoms with E-state index in [1.54, 1.807) is 0 Å². The van der Waals surface area contributed by atoms with E-state index < -0.39 is 0 Å². The molecule has 1 aliphatic rings. The molecule has 0 fully saturated rings. The molecule has 0 aromatic carbocycles. The number of aromatic nitrogens is 2. The SMILES string of the molecule is CCNC(Cn1cnc2c1CCCC2)C(C)CC. The molecule has 2 unspecified atom stereocenters. The third kappa shape index (κ3) is 2.94. The summed E-state index contributed by atoms with van der Waals surface area (Å²) >= 11 is 0. The Morgan fingerprint density at radius 1 is 1.33 bits per heavy atom. The molecule has 0 saturated carbocycles. The van der Waals surface area contributed by atoms with E-state index in [1.165, 1.54) is 43.5 Å². The fraction of sp³-hybridized carbons (Fsp3) is 0.800. The van der Waals surface area contributed by atoms with Crippen molar-refractivity contribution in [1.29, 1.82) is 0 Å². The quantitative estimate of drug-likeness (QED) is 0.840. The minimum atomic E-state index is 0.570. The summed E-state index contributed by atoms with van der Waals surface area (Å²) in [7, 11) is 0. The first-order chi connectivity index (χ1) is 8.76. The lowest BCUT2D eigenvalue weighted by atomic mass is 9.97. The lowest BCUT2D eigenvalue weighted by Crippen LogP contribution is -2.38. The van der Waals surface area contributed by atoms with E-state index in [9.17, 15) is 0 Å². The number of hydrogen-bond acceptors (Lipinski definition) is 2. The fourth-order valence-corrected chi connectivity index (χ4v) is 2.89. The first-order valence-electron chi connectivity index (χ1n) is 7.52. The Morgan fingerprint density at radius 3 is 2.83 bits per heavy atom. The van der Waals surface area contributed by atoms with Gasteiger partial charge in [0.15, 0.2) is 0 Å². The third-order valence-electron chi connectivity index (χ3n) is 4.30. The monoisotopic (exact) mass is 249 g/mol. The summed E-state index contributed by atoms with van der Waals surface area (Å²) in [5.74, 6) is 0.714. The van der Waals surface area contributed by atoms with E-state index >= 15 is 0 Å². The van der Waals surface area contributed by atoms with E-state index in [4.69, 9.17) is 0 Å². The van der Waals surface area contributed by atoms with E-state index in [2.05, 4.69) is 42.0 Å². The predicted molar refractivity (Wildman–Crippen MR) is 75.8 cm³/mol. The van der Waals surface area contributed by atoms with Gasteiger partial charge in [-0.2, -0.15) is 0 Å². The van der Waals surface area contributed by atoms with Crippen molar-refractivity contribution in [3.63, 3.8) is 0 Å². The van der Waals surface area contributed by atoms with Crippen molar-refractivity contribution in [3.8, 4) is 0 Å². The Bertz CT molecular complexity index is 370. The van der Waals surface area contributed by atoms with Crippen LogP contribution in [0.25, 0.3) is 0 Å². The van der Waals surface area contributed by atoms with Gasteiger partial charge in [-0.15, -0.1) is 0 Å². The highest BCUT2D eigenvalue weighted by Crippen LogP contribution is 2.21. The number of imidazole rings is 1. The number of nitrogens with one attached hydrogen (secondary N) is 1. The molecule has 0 aliphatic heterocycles. The number of hydrogen-bond donors (Lipinski definition) is 1. The van der Waals surface area contributed by atoms with Crippen LogP contribution in [0.15, 0.2) is 6.33 Å². The molecule has 3 nitrogen and oxygen atoms in total. The Morgan fingerprint density at radius 2 is 2.11 bits per heavy atom. The van der Waals surface area contributed by atoms with Crippen molar-refractivity contribution < 1.29 is 0 Å². The molecule has 0 amide bonds. The molecule has 0 saturated heterocycles. The van der Waals surface area contributed by atoms with Gasteiger partial charge >= 0.3 is 0 Å². The molecule has 1 N–H and O–H groups in total. The highest BCUT2D eigenvalue weighted by atomic mass is 15.1. The molecule has 0 spiro atoms. The molecule has 1 aromatic heterocycles. The normalized spacial score (nSPS) is 18.4. The van der Waals surface area contributed by atoms with Gasteiger partial charge in [-0.3, -0.25) is 0 Å². The standard InChI is InChI=1S/C15H27N3/c1-4-12(3)14(16-5-2)10-18-11-17-13-8-6-7-9-15(13)18/h11-12,14,16H,4-10H2,1-3H3. The van der Waals surface area contributed by atoms with Gasteiger partial charge in [0.2, 0.25) is 0 Å². The van der Waals surface area contributed by atoms with Gasteiger partial charge in [-0.1, -0.05) is 27.2 Å². The summed E-state index contributed by atoms with van der Waals surface area (Å²) in [6.45, 7) is 8.94. The number of fused-ring (bicyclic) bond motifs is 1. The first-order valence-corrected chi connectivity index (χ1v) is 7.52. The largest absolute Gasteiger partial charge is 0.333 e. The Labute approximate surface area is 111 Å². The van der Waals surface area contributed by atoms with Gasteiger partial charge in [0.1, 0.15) is 0 Å². The van der Waals surface area contributed by atoms with Crippen LogP contribution >= 0.6 is 0 Å². The zero-order valence-corrected chi connectivity index (χ0v) is 12.1. The van der Waals surface area contributed by atoms with Crippen molar-refractivity contribution >= 4 is 0 Å². The Hall–Kier alpha value is -0.830. The maximum absolute atomic E-state index is 4.59.